The summed E-state index contributed by atoms with van der Waals surface area (Å²) in [7, 11) is 3.69. The van der Waals surface area contributed by atoms with E-state index in [1.54, 1.807) is 18.4 Å². The molecule has 0 saturated carbocycles. The molecule has 2 aromatic rings. The number of rotatable bonds is 7. The summed E-state index contributed by atoms with van der Waals surface area (Å²) >= 11 is 1.64. The number of aromatic nitrogens is 1. The second-order valence-electron chi connectivity index (χ2n) is 5.70. The number of carbonyl (C=O) groups is 1. The Morgan fingerprint density at radius 3 is 2.68 bits per heavy atom. The Morgan fingerprint density at radius 1 is 1.28 bits per heavy atom. The zero-order chi connectivity index (χ0) is 18.1. The molecule has 0 unspecified atom stereocenters. The summed E-state index contributed by atoms with van der Waals surface area (Å²) in [6, 6.07) is 9.88. The Labute approximate surface area is 153 Å². The van der Waals surface area contributed by atoms with E-state index in [1.807, 2.05) is 49.2 Å². The lowest BCUT2D eigenvalue weighted by atomic mass is 10.2. The van der Waals surface area contributed by atoms with Gasteiger partial charge in [-0.05, 0) is 12.5 Å². The Kier molecular flexibility index (Phi) is 7.40. The second kappa shape index (κ2) is 9.78. The smallest absolute Gasteiger partial charge is 0.222 e. The molecule has 6 nitrogen and oxygen atoms in total. The van der Waals surface area contributed by atoms with E-state index in [0.29, 0.717) is 26.1 Å². The Balaban J connectivity index is 1.70. The Hall–Kier alpha value is -2.41. The molecule has 1 amide bonds. The number of hydrogen-bond acceptors (Lipinski definition) is 4. The number of amides is 1. The quantitative estimate of drug-likeness (QED) is 0.587. The third-order valence-corrected chi connectivity index (χ3v) is 4.43. The number of nitrogens with zero attached hydrogens (tertiary/aromatic N) is 3. The van der Waals surface area contributed by atoms with Crippen molar-refractivity contribution in [2.75, 3.05) is 20.6 Å². The molecule has 0 fully saturated rings. The first kappa shape index (κ1) is 18.9. The monoisotopic (exact) mass is 359 g/mol. The van der Waals surface area contributed by atoms with Crippen LogP contribution in [0.1, 0.15) is 22.7 Å². The van der Waals surface area contributed by atoms with Gasteiger partial charge < -0.3 is 15.5 Å². The molecule has 25 heavy (non-hydrogen) atoms. The van der Waals surface area contributed by atoms with Gasteiger partial charge in [0.25, 0.3) is 0 Å². The predicted molar refractivity (Wildman–Crippen MR) is 103 cm³/mol. The van der Waals surface area contributed by atoms with E-state index in [0.717, 1.165) is 22.2 Å². The highest BCUT2D eigenvalue weighted by molar-refractivity contribution is 7.09. The van der Waals surface area contributed by atoms with Crippen molar-refractivity contribution in [3.8, 4) is 0 Å². The summed E-state index contributed by atoms with van der Waals surface area (Å²) in [5.41, 5.74) is 2.12. The summed E-state index contributed by atoms with van der Waals surface area (Å²) in [5, 5.41) is 9.25. The number of thiazole rings is 1. The maximum atomic E-state index is 11.9. The lowest BCUT2D eigenvalue weighted by Crippen LogP contribution is -2.40. The van der Waals surface area contributed by atoms with Gasteiger partial charge in [-0.2, -0.15) is 0 Å². The zero-order valence-corrected chi connectivity index (χ0v) is 15.8. The van der Waals surface area contributed by atoms with Crippen LogP contribution in [0.4, 0.5) is 0 Å². The minimum absolute atomic E-state index is 0.0181. The van der Waals surface area contributed by atoms with E-state index < -0.39 is 0 Å². The summed E-state index contributed by atoms with van der Waals surface area (Å²) in [5.74, 6) is 0.770. The lowest BCUT2D eigenvalue weighted by Gasteiger charge is -2.21. The molecule has 0 atom stereocenters. The van der Waals surface area contributed by atoms with Crippen molar-refractivity contribution < 1.29 is 4.79 Å². The molecular weight excluding hydrogens is 334 g/mol. The zero-order valence-electron chi connectivity index (χ0n) is 15.0. The number of hydrogen-bond donors (Lipinski definition) is 2. The molecule has 0 spiro atoms. The fourth-order valence-corrected chi connectivity index (χ4v) is 2.96. The van der Waals surface area contributed by atoms with Crippen LogP contribution in [0.2, 0.25) is 0 Å². The number of aryl methyl sites for hydroxylation is 1. The molecule has 134 valence electrons. The van der Waals surface area contributed by atoms with Crippen LogP contribution in [0.15, 0.2) is 40.7 Å². The van der Waals surface area contributed by atoms with Gasteiger partial charge in [-0.1, -0.05) is 30.3 Å². The number of aliphatic imine (C=N–C) groups is 1. The van der Waals surface area contributed by atoms with Crippen LogP contribution in [-0.4, -0.2) is 42.4 Å². The molecule has 0 aliphatic carbocycles. The highest BCUT2D eigenvalue weighted by Crippen LogP contribution is 2.09. The van der Waals surface area contributed by atoms with E-state index in [2.05, 4.69) is 26.0 Å². The van der Waals surface area contributed by atoms with E-state index in [-0.39, 0.29) is 5.91 Å². The van der Waals surface area contributed by atoms with Crippen molar-refractivity contribution in [3.05, 3.63) is 52.0 Å². The van der Waals surface area contributed by atoms with E-state index >= 15 is 0 Å². The third-order valence-electron chi connectivity index (χ3n) is 3.61. The highest BCUT2D eigenvalue weighted by Gasteiger charge is 2.09. The molecule has 2 rings (SSSR count). The first-order valence-electron chi connectivity index (χ1n) is 8.22. The van der Waals surface area contributed by atoms with Gasteiger partial charge in [0.2, 0.25) is 5.91 Å². The fraction of sp³-hybridized carbons (Fsp3) is 0.389. The van der Waals surface area contributed by atoms with Crippen molar-refractivity contribution in [3.63, 3.8) is 0 Å². The van der Waals surface area contributed by atoms with Gasteiger partial charge in [-0.15, -0.1) is 11.3 Å². The molecule has 1 aromatic heterocycles. The average molecular weight is 359 g/mol. The van der Waals surface area contributed by atoms with Gasteiger partial charge >= 0.3 is 0 Å². The largest absolute Gasteiger partial charge is 0.356 e. The molecule has 1 heterocycles. The first-order valence-corrected chi connectivity index (χ1v) is 9.10. The highest BCUT2D eigenvalue weighted by atomic mass is 32.1. The van der Waals surface area contributed by atoms with Gasteiger partial charge in [0.05, 0.1) is 17.2 Å². The van der Waals surface area contributed by atoms with E-state index in [9.17, 15) is 4.79 Å². The topological polar surface area (TPSA) is 69.6 Å². The molecule has 0 aliphatic rings. The first-order chi connectivity index (χ1) is 12.1. The Morgan fingerprint density at radius 2 is 2.04 bits per heavy atom. The number of nitrogens with one attached hydrogen (secondary N) is 2. The van der Waals surface area contributed by atoms with Gasteiger partial charge in [0.15, 0.2) is 5.96 Å². The molecule has 7 heteroatoms. The van der Waals surface area contributed by atoms with Crippen molar-refractivity contribution in [1.29, 1.82) is 0 Å². The van der Waals surface area contributed by atoms with Crippen LogP contribution in [0.3, 0.4) is 0 Å². The summed E-state index contributed by atoms with van der Waals surface area (Å²) in [6.45, 7) is 3.77. The molecule has 0 radical (unpaired) electrons. The minimum Gasteiger partial charge on any atom is -0.356 e. The van der Waals surface area contributed by atoms with Crippen molar-refractivity contribution in [1.82, 2.24) is 20.5 Å². The van der Waals surface area contributed by atoms with Crippen LogP contribution in [-0.2, 0) is 17.9 Å². The van der Waals surface area contributed by atoms with E-state index in [1.165, 1.54) is 0 Å². The fourth-order valence-electron chi connectivity index (χ4n) is 2.36. The summed E-state index contributed by atoms with van der Waals surface area (Å²) < 4.78 is 0. The third kappa shape index (κ3) is 6.54. The molecule has 0 bridgehead atoms. The SMILES string of the molecule is CN=C(NCCC(=O)NCc1ccccc1)N(C)Cc1csc(C)n1. The van der Waals surface area contributed by atoms with Crippen molar-refractivity contribution >= 4 is 23.2 Å². The van der Waals surface area contributed by atoms with Crippen molar-refractivity contribution in [2.45, 2.75) is 26.4 Å². The van der Waals surface area contributed by atoms with Gasteiger partial charge in [-0.25, -0.2) is 4.98 Å². The maximum absolute atomic E-state index is 11.9. The van der Waals surface area contributed by atoms with Gasteiger partial charge in [-0.3, -0.25) is 9.79 Å². The molecule has 2 N–H and O–H groups in total. The van der Waals surface area contributed by atoms with Gasteiger partial charge in [0.1, 0.15) is 0 Å². The van der Waals surface area contributed by atoms with Crippen LogP contribution in [0, 0.1) is 6.92 Å². The standard InChI is InChI=1S/C18H25N5OS/c1-14-22-16(13-25-14)12-23(3)18(19-2)20-10-9-17(24)21-11-15-7-5-4-6-8-15/h4-8,13H,9-12H2,1-3H3,(H,19,20)(H,21,24). The van der Waals surface area contributed by atoms with Crippen LogP contribution >= 0.6 is 11.3 Å². The molecule has 1 aromatic carbocycles. The second-order valence-corrected chi connectivity index (χ2v) is 6.76. The van der Waals surface area contributed by atoms with Crippen LogP contribution in [0.5, 0.6) is 0 Å². The average Bonchev–Trinajstić information content (AvgIpc) is 3.02. The van der Waals surface area contributed by atoms with Crippen LogP contribution < -0.4 is 10.6 Å². The summed E-state index contributed by atoms with van der Waals surface area (Å²) in [6.07, 6.45) is 0.398. The summed E-state index contributed by atoms with van der Waals surface area (Å²) in [4.78, 5) is 22.6. The molecule has 0 aliphatic heterocycles. The molecular formula is C18H25N5OS. The Bertz CT molecular complexity index is 699. The number of carbonyl (C=O) groups excluding carboxylic acids is 1. The lowest BCUT2D eigenvalue weighted by molar-refractivity contribution is -0.121. The van der Waals surface area contributed by atoms with Crippen molar-refractivity contribution in [2.24, 2.45) is 4.99 Å². The van der Waals surface area contributed by atoms with Gasteiger partial charge in [0, 0.05) is 39.0 Å². The molecule has 0 saturated heterocycles. The predicted octanol–water partition coefficient (Wildman–Crippen LogP) is 2.17. The van der Waals surface area contributed by atoms with Crippen LogP contribution in [0.25, 0.3) is 0 Å². The number of guanidine groups is 1. The minimum atomic E-state index is 0.0181. The van der Waals surface area contributed by atoms with E-state index in [4.69, 9.17) is 0 Å². The number of benzene rings is 1. The maximum Gasteiger partial charge on any atom is 0.222 e. The normalized spacial score (nSPS) is 11.2.